The van der Waals surface area contributed by atoms with Crippen LogP contribution in [0.2, 0.25) is 0 Å². The molecule has 132 valence electrons. The van der Waals surface area contributed by atoms with Crippen molar-refractivity contribution in [3.8, 4) is 0 Å². The molecule has 1 aromatic carbocycles. The summed E-state index contributed by atoms with van der Waals surface area (Å²) < 4.78 is 0. The molecule has 4 heteroatoms. The molecule has 0 aromatic heterocycles. The normalized spacial score (nSPS) is 18.9. The zero-order chi connectivity index (χ0) is 16.8. The maximum atomic E-state index is 12.6. The second-order valence-electron chi connectivity index (χ2n) is 7.20. The Morgan fingerprint density at radius 2 is 2.08 bits per heavy atom. The maximum absolute atomic E-state index is 12.6. The Kier molecular flexibility index (Phi) is 6.27. The van der Waals surface area contributed by atoms with Gasteiger partial charge in [-0.25, -0.2) is 0 Å². The van der Waals surface area contributed by atoms with Crippen LogP contribution in [-0.4, -0.2) is 49.4 Å². The highest BCUT2D eigenvalue weighted by atomic mass is 16.1. The average Bonchev–Trinajstić information content (AvgIpc) is 3.13. The number of likely N-dealkylation sites (tertiary alicyclic amines) is 1. The number of aryl methyl sites for hydroxylation is 1. The molecular weight excluding hydrogens is 298 g/mol. The lowest BCUT2D eigenvalue weighted by molar-refractivity contribution is 0.0951. The van der Waals surface area contributed by atoms with Crippen LogP contribution in [-0.2, 0) is 6.42 Å². The number of hydrogen-bond donors (Lipinski definition) is 2. The number of rotatable bonds is 8. The van der Waals surface area contributed by atoms with E-state index >= 15 is 0 Å². The first-order valence-corrected chi connectivity index (χ1v) is 9.61. The number of hydrogen-bond acceptors (Lipinski definition) is 4. The van der Waals surface area contributed by atoms with Gasteiger partial charge in [0.2, 0.25) is 0 Å². The molecule has 0 aliphatic carbocycles. The van der Waals surface area contributed by atoms with Crippen LogP contribution in [0.15, 0.2) is 18.2 Å². The molecule has 2 aliphatic rings. The molecule has 2 N–H and O–H groups in total. The minimum Gasteiger partial charge on any atom is -0.385 e. The number of carbonyl (C=O) groups excluding carboxylic acids is 1. The SMILES string of the molecule is CC(NCCCCN1CCCC1)C(=O)c1ccc2c(c1)CCCN2. The highest BCUT2D eigenvalue weighted by Crippen LogP contribution is 2.23. The van der Waals surface area contributed by atoms with E-state index in [1.165, 1.54) is 50.1 Å². The van der Waals surface area contributed by atoms with E-state index in [2.05, 4.69) is 27.7 Å². The van der Waals surface area contributed by atoms with Crippen LogP contribution in [0.25, 0.3) is 0 Å². The molecule has 1 aromatic rings. The number of unbranched alkanes of at least 4 members (excludes halogenated alkanes) is 1. The zero-order valence-electron chi connectivity index (χ0n) is 14.9. The molecule has 1 saturated heterocycles. The predicted molar refractivity (Wildman–Crippen MR) is 100.0 cm³/mol. The van der Waals surface area contributed by atoms with Gasteiger partial charge in [0.05, 0.1) is 6.04 Å². The fourth-order valence-corrected chi connectivity index (χ4v) is 3.76. The van der Waals surface area contributed by atoms with Crippen molar-refractivity contribution in [3.05, 3.63) is 29.3 Å². The molecule has 4 nitrogen and oxygen atoms in total. The fourth-order valence-electron chi connectivity index (χ4n) is 3.76. The molecule has 24 heavy (non-hydrogen) atoms. The molecule has 2 heterocycles. The Labute approximate surface area is 146 Å². The third-order valence-corrected chi connectivity index (χ3v) is 5.27. The minimum absolute atomic E-state index is 0.105. The quantitative estimate of drug-likeness (QED) is 0.568. The number of Topliss-reactive ketones (excluding diaryl/α,β-unsaturated/α-hetero) is 1. The van der Waals surface area contributed by atoms with Crippen molar-refractivity contribution in [1.82, 2.24) is 10.2 Å². The van der Waals surface area contributed by atoms with Crippen LogP contribution in [0, 0.1) is 0 Å². The molecule has 2 aliphatic heterocycles. The van der Waals surface area contributed by atoms with Crippen LogP contribution in [0.5, 0.6) is 0 Å². The first-order chi connectivity index (χ1) is 11.7. The summed E-state index contributed by atoms with van der Waals surface area (Å²) in [5.74, 6) is 0.211. The topological polar surface area (TPSA) is 44.4 Å². The van der Waals surface area contributed by atoms with Crippen molar-refractivity contribution in [2.24, 2.45) is 0 Å². The summed E-state index contributed by atoms with van der Waals surface area (Å²) >= 11 is 0. The van der Waals surface area contributed by atoms with Crippen molar-refractivity contribution in [1.29, 1.82) is 0 Å². The Hall–Kier alpha value is -1.39. The Bertz CT molecular complexity index is 552. The van der Waals surface area contributed by atoms with Gasteiger partial charge < -0.3 is 15.5 Å². The van der Waals surface area contributed by atoms with E-state index in [9.17, 15) is 4.79 Å². The van der Waals surface area contributed by atoms with Crippen LogP contribution >= 0.6 is 0 Å². The van der Waals surface area contributed by atoms with Gasteiger partial charge >= 0.3 is 0 Å². The minimum atomic E-state index is -0.105. The van der Waals surface area contributed by atoms with E-state index in [0.717, 1.165) is 37.9 Å². The number of carbonyl (C=O) groups is 1. The van der Waals surface area contributed by atoms with Crippen molar-refractivity contribution in [3.63, 3.8) is 0 Å². The second kappa shape index (κ2) is 8.63. The van der Waals surface area contributed by atoms with E-state index in [0.29, 0.717) is 0 Å². The summed E-state index contributed by atoms with van der Waals surface area (Å²) in [7, 11) is 0. The first kappa shape index (κ1) is 17.4. The third-order valence-electron chi connectivity index (χ3n) is 5.27. The number of fused-ring (bicyclic) bond motifs is 1. The first-order valence-electron chi connectivity index (χ1n) is 9.61. The van der Waals surface area contributed by atoms with Crippen LogP contribution in [0.3, 0.4) is 0 Å². The van der Waals surface area contributed by atoms with Crippen molar-refractivity contribution in [2.45, 2.75) is 51.5 Å². The van der Waals surface area contributed by atoms with Gasteiger partial charge in [0.25, 0.3) is 0 Å². The lowest BCUT2D eigenvalue weighted by Gasteiger charge is -2.19. The number of benzene rings is 1. The molecule has 0 radical (unpaired) electrons. The molecule has 1 unspecified atom stereocenters. The molecule has 1 atom stereocenters. The average molecular weight is 329 g/mol. The summed E-state index contributed by atoms with van der Waals surface area (Å²) in [4.78, 5) is 15.2. The van der Waals surface area contributed by atoms with Crippen molar-refractivity contribution < 1.29 is 4.79 Å². The van der Waals surface area contributed by atoms with Crippen LogP contribution in [0.4, 0.5) is 5.69 Å². The summed E-state index contributed by atoms with van der Waals surface area (Å²) in [5.41, 5.74) is 3.32. The van der Waals surface area contributed by atoms with Crippen molar-refractivity contribution >= 4 is 11.5 Å². The number of nitrogens with zero attached hydrogens (tertiary/aromatic N) is 1. The number of nitrogens with one attached hydrogen (secondary N) is 2. The van der Waals surface area contributed by atoms with E-state index in [4.69, 9.17) is 0 Å². The highest BCUT2D eigenvalue weighted by molar-refractivity contribution is 6.00. The summed E-state index contributed by atoms with van der Waals surface area (Å²) in [6, 6.07) is 6.00. The summed E-state index contributed by atoms with van der Waals surface area (Å²) in [6.07, 6.45) is 7.30. The molecule has 3 rings (SSSR count). The Morgan fingerprint density at radius 1 is 1.25 bits per heavy atom. The van der Waals surface area contributed by atoms with E-state index in [-0.39, 0.29) is 11.8 Å². The highest BCUT2D eigenvalue weighted by Gasteiger charge is 2.17. The van der Waals surface area contributed by atoms with Crippen LogP contribution < -0.4 is 10.6 Å². The maximum Gasteiger partial charge on any atom is 0.179 e. The second-order valence-corrected chi connectivity index (χ2v) is 7.20. The monoisotopic (exact) mass is 329 g/mol. The lowest BCUT2D eigenvalue weighted by Crippen LogP contribution is -2.35. The van der Waals surface area contributed by atoms with Crippen LogP contribution in [0.1, 0.15) is 54.9 Å². The molecule has 0 saturated carbocycles. The molecule has 0 amide bonds. The van der Waals surface area contributed by atoms with E-state index in [1.807, 2.05) is 13.0 Å². The largest absolute Gasteiger partial charge is 0.385 e. The lowest BCUT2D eigenvalue weighted by atomic mass is 9.97. The van der Waals surface area contributed by atoms with Gasteiger partial charge in [0, 0.05) is 17.8 Å². The van der Waals surface area contributed by atoms with Gasteiger partial charge in [-0.2, -0.15) is 0 Å². The zero-order valence-corrected chi connectivity index (χ0v) is 14.9. The number of anilines is 1. The van der Waals surface area contributed by atoms with Gasteiger partial charge in [-0.05, 0) is 95.4 Å². The molecular formula is C20H31N3O. The smallest absolute Gasteiger partial charge is 0.179 e. The predicted octanol–water partition coefficient (Wildman–Crippen LogP) is 3.08. The molecule has 0 spiro atoms. The van der Waals surface area contributed by atoms with Crippen molar-refractivity contribution in [2.75, 3.05) is 38.0 Å². The Morgan fingerprint density at radius 3 is 2.92 bits per heavy atom. The van der Waals surface area contributed by atoms with Gasteiger partial charge in [-0.3, -0.25) is 4.79 Å². The van der Waals surface area contributed by atoms with Gasteiger partial charge in [0.15, 0.2) is 5.78 Å². The molecule has 1 fully saturated rings. The Balaban J connectivity index is 1.41. The summed E-state index contributed by atoms with van der Waals surface area (Å²) in [6.45, 7) is 7.70. The summed E-state index contributed by atoms with van der Waals surface area (Å²) in [5, 5.41) is 6.80. The fraction of sp³-hybridized carbons (Fsp3) is 0.650. The van der Waals surface area contributed by atoms with Gasteiger partial charge in [-0.1, -0.05) is 0 Å². The number of ketones is 1. The molecule has 0 bridgehead atoms. The van der Waals surface area contributed by atoms with E-state index in [1.54, 1.807) is 0 Å². The third kappa shape index (κ3) is 4.58. The standard InChI is InChI=1S/C20H31N3O/c1-16(21-10-2-3-12-23-13-4-5-14-23)20(24)18-8-9-19-17(15-18)7-6-11-22-19/h8-9,15-16,21-22H,2-7,10-14H2,1H3. The van der Waals surface area contributed by atoms with Gasteiger partial charge in [0.1, 0.15) is 0 Å². The van der Waals surface area contributed by atoms with Gasteiger partial charge in [-0.15, -0.1) is 0 Å². The van der Waals surface area contributed by atoms with E-state index < -0.39 is 0 Å².